The summed E-state index contributed by atoms with van der Waals surface area (Å²) < 4.78 is 5.20. The summed E-state index contributed by atoms with van der Waals surface area (Å²) in [5.41, 5.74) is 9.16. The molecule has 0 spiro atoms. The van der Waals surface area contributed by atoms with E-state index >= 15 is 0 Å². The zero-order valence-electron chi connectivity index (χ0n) is 36.6. The van der Waals surface area contributed by atoms with Gasteiger partial charge in [-0.05, 0) is 91.8 Å². The molecular formula is C47H54N12O4. The van der Waals surface area contributed by atoms with Gasteiger partial charge in [0.2, 0.25) is 5.91 Å². The number of aromatic amines is 1. The maximum atomic E-state index is 12.7. The highest BCUT2D eigenvalue weighted by Crippen LogP contribution is 2.33. The van der Waals surface area contributed by atoms with Gasteiger partial charge in [-0.15, -0.1) is 0 Å². The molecule has 3 aliphatic rings. The summed E-state index contributed by atoms with van der Waals surface area (Å²) in [4.78, 5) is 59.7. The molecule has 3 fully saturated rings. The first-order valence-corrected chi connectivity index (χ1v) is 21.8. The maximum Gasteiger partial charge on any atom is 0.328 e. The summed E-state index contributed by atoms with van der Waals surface area (Å²) >= 11 is 0. The van der Waals surface area contributed by atoms with Gasteiger partial charge in [0.05, 0.1) is 0 Å². The first-order valence-electron chi connectivity index (χ1n) is 21.8. The number of aromatic nitrogens is 6. The Morgan fingerprint density at radius 3 is 2.32 bits per heavy atom. The van der Waals surface area contributed by atoms with Crippen LogP contribution in [0.1, 0.15) is 73.2 Å². The van der Waals surface area contributed by atoms with Crippen molar-refractivity contribution < 1.29 is 18.9 Å². The molecular weight excluding hydrogens is 797 g/mol. The van der Waals surface area contributed by atoms with Crippen molar-refractivity contribution in [3.05, 3.63) is 95.4 Å². The lowest BCUT2D eigenvalue weighted by Crippen LogP contribution is -2.49. The van der Waals surface area contributed by atoms with Crippen LogP contribution in [0.25, 0.3) is 33.4 Å². The molecule has 63 heavy (non-hydrogen) atoms. The minimum absolute atomic E-state index is 0.0473. The molecule has 6 aromatic rings. The van der Waals surface area contributed by atoms with E-state index in [4.69, 9.17) is 14.5 Å². The Kier molecular flexibility index (Phi) is 11.4. The number of carbonyl (C=O) groups is 3. The highest BCUT2D eigenvalue weighted by molar-refractivity contribution is 6.06. The number of piperazine rings is 1. The predicted octanol–water partition coefficient (Wildman–Crippen LogP) is 6.40. The predicted molar refractivity (Wildman–Crippen MR) is 242 cm³/mol. The van der Waals surface area contributed by atoms with E-state index in [9.17, 15) is 14.4 Å². The Morgan fingerprint density at radius 2 is 1.62 bits per heavy atom. The van der Waals surface area contributed by atoms with E-state index in [1.54, 1.807) is 4.90 Å². The van der Waals surface area contributed by atoms with Crippen LogP contribution in [0.15, 0.2) is 71.5 Å². The number of nitrogens with zero attached hydrogens (tertiary/aromatic N) is 9. The average molecular weight is 851 g/mol. The number of fused-ring (bicyclic) bond motifs is 1. The van der Waals surface area contributed by atoms with E-state index in [2.05, 4.69) is 82.1 Å². The molecule has 3 saturated heterocycles. The number of amides is 4. The van der Waals surface area contributed by atoms with Crippen molar-refractivity contribution >= 4 is 46.1 Å². The lowest BCUT2D eigenvalue weighted by Gasteiger charge is -2.40. The number of urea groups is 1. The van der Waals surface area contributed by atoms with Crippen molar-refractivity contribution in [3.8, 4) is 22.4 Å². The van der Waals surface area contributed by atoms with Gasteiger partial charge in [0.1, 0.15) is 11.5 Å². The van der Waals surface area contributed by atoms with Crippen molar-refractivity contribution in [2.45, 2.75) is 65.8 Å². The Balaban J connectivity index is 0.762. The number of piperidine rings is 1. The number of pyridine rings is 2. The molecule has 0 bridgehead atoms. The van der Waals surface area contributed by atoms with Gasteiger partial charge in [-0.1, -0.05) is 38.1 Å². The number of imide groups is 1. The van der Waals surface area contributed by atoms with Crippen molar-refractivity contribution in [1.82, 2.24) is 45.8 Å². The van der Waals surface area contributed by atoms with Crippen molar-refractivity contribution in [1.29, 1.82) is 0 Å². The largest absolute Gasteiger partial charge is 0.372 e. The van der Waals surface area contributed by atoms with Crippen LogP contribution in [0.3, 0.4) is 0 Å². The van der Waals surface area contributed by atoms with Gasteiger partial charge >= 0.3 is 17.8 Å². The first kappa shape index (κ1) is 41.7. The zero-order chi connectivity index (χ0) is 43.8. The molecule has 16 heteroatoms. The number of H-pyrrole nitrogens is 1. The van der Waals surface area contributed by atoms with Crippen LogP contribution in [0.5, 0.6) is 0 Å². The number of hydrogen-bond acceptors (Lipinski definition) is 12. The molecule has 3 aliphatic heterocycles. The fourth-order valence-corrected chi connectivity index (χ4v) is 8.77. The van der Waals surface area contributed by atoms with E-state index in [0.717, 1.165) is 115 Å². The monoisotopic (exact) mass is 850 g/mol. The molecule has 9 rings (SSSR count). The van der Waals surface area contributed by atoms with Gasteiger partial charge in [-0.3, -0.25) is 29.8 Å². The minimum atomic E-state index is -0.409. The molecule has 4 aromatic heterocycles. The topological polar surface area (TPSA) is 182 Å². The second-order valence-electron chi connectivity index (χ2n) is 18.0. The lowest BCUT2D eigenvalue weighted by molar-refractivity contribution is -0.120. The third kappa shape index (κ3) is 8.98. The van der Waals surface area contributed by atoms with Gasteiger partial charge in [-0.25, -0.2) is 14.8 Å². The first-order chi connectivity index (χ1) is 30.4. The summed E-state index contributed by atoms with van der Waals surface area (Å²) in [7, 11) is 0. The lowest BCUT2D eigenvalue weighted by atomic mass is 9.95. The van der Waals surface area contributed by atoms with Gasteiger partial charge in [-0.2, -0.15) is 10.1 Å². The molecule has 0 radical (unpaired) electrons. The summed E-state index contributed by atoms with van der Waals surface area (Å²) in [6, 6.07) is 18.4. The van der Waals surface area contributed by atoms with Crippen LogP contribution in [0.2, 0.25) is 0 Å². The van der Waals surface area contributed by atoms with Crippen LogP contribution in [0, 0.1) is 19.8 Å². The van der Waals surface area contributed by atoms with E-state index < -0.39 is 5.91 Å². The number of benzene rings is 2. The molecule has 3 N–H and O–H groups in total. The third-order valence-corrected chi connectivity index (χ3v) is 12.6. The molecule has 0 atom stereocenters. The average Bonchev–Trinajstić information content (AvgIpc) is 3.96. The molecule has 0 saturated carbocycles. The Morgan fingerprint density at radius 1 is 0.841 bits per heavy atom. The summed E-state index contributed by atoms with van der Waals surface area (Å²) in [6.07, 6.45) is 6.41. The minimum Gasteiger partial charge on any atom is -0.372 e. The van der Waals surface area contributed by atoms with Gasteiger partial charge in [0.15, 0.2) is 11.5 Å². The second kappa shape index (κ2) is 17.2. The van der Waals surface area contributed by atoms with Crippen LogP contribution in [0.4, 0.5) is 22.0 Å². The van der Waals surface area contributed by atoms with Crippen molar-refractivity contribution in [3.63, 3.8) is 0 Å². The zero-order valence-corrected chi connectivity index (χ0v) is 36.6. The van der Waals surface area contributed by atoms with Gasteiger partial charge in [0, 0.05) is 117 Å². The van der Waals surface area contributed by atoms with Gasteiger partial charge < -0.3 is 19.6 Å². The number of rotatable bonds is 10. The molecule has 326 valence electrons. The Labute approximate surface area is 366 Å². The smallest absolute Gasteiger partial charge is 0.328 e. The Bertz CT molecular complexity index is 2650. The fraction of sp³-hybridized carbons (Fsp3) is 0.404. The molecule has 16 nitrogen and oxygen atoms in total. The number of hydrogen-bond donors (Lipinski definition) is 3. The van der Waals surface area contributed by atoms with Crippen molar-refractivity contribution in [2.75, 3.05) is 67.1 Å². The normalized spacial score (nSPS) is 16.8. The van der Waals surface area contributed by atoms with E-state index in [0.29, 0.717) is 36.9 Å². The van der Waals surface area contributed by atoms with E-state index in [-0.39, 0.29) is 23.2 Å². The standard InChI is InChI=1S/C47H54N12O4/c1-29-22-32(6-7-33(29)25-50-43(61)44-52-45(55-63-44)47(3,4)5)41-37-24-35(27-49-42(37)54-53-41)34-8-11-39(48-26-34)58-20-18-56(19-21-58)28-31-12-15-57(16-13-31)36-9-10-38(30(2)23-36)59-17-14-40(60)51-46(59)62/h6-11,22-24,26-27,31H,12-21,25,28H2,1-5H3,(H,50,61)(H,49,53,54)(H,51,60,62). The van der Waals surface area contributed by atoms with E-state index in [1.165, 1.54) is 5.69 Å². The van der Waals surface area contributed by atoms with Crippen LogP contribution >= 0.6 is 0 Å². The van der Waals surface area contributed by atoms with Crippen LogP contribution in [-0.2, 0) is 16.8 Å². The molecule has 0 aliphatic carbocycles. The highest BCUT2D eigenvalue weighted by Gasteiger charge is 2.28. The molecule has 4 amide bonds. The SMILES string of the molecule is Cc1cc(-c2n[nH]c3ncc(-c4ccc(N5CCN(CC6CCN(c7ccc(N8CCC(=O)NC8=O)c(C)c7)CC6)CC5)nc4)cc23)ccc1CNC(=O)c1nc(C(C)(C)C)no1. The van der Waals surface area contributed by atoms with Crippen molar-refractivity contribution in [2.24, 2.45) is 5.92 Å². The summed E-state index contributed by atoms with van der Waals surface area (Å²) in [5.74, 6) is 1.46. The quantitative estimate of drug-likeness (QED) is 0.138. The second-order valence-corrected chi connectivity index (χ2v) is 18.0. The van der Waals surface area contributed by atoms with E-state index in [1.807, 2.05) is 65.2 Å². The molecule has 0 unspecified atom stereocenters. The fourth-order valence-electron chi connectivity index (χ4n) is 8.77. The molecule has 7 heterocycles. The number of nitrogens with one attached hydrogen (secondary N) is 3. The van der Waals surface area contributed by atoms with Crippen LogP contribution in [-0.4, -0.2) is 105 Å². The number of carbonyl (C=O) groups excluding carboxylic acids is 3. The number of anilines is 3. The summed E-state index contributed by atoms with van der Waals surface area (Å²) in [5, 5.41) is 17.9. The van der Waals surface area contributed by atoms with Crippen LogP contribution < -0.4 is 25.3 Å². The third-order valence-electron chi connectivity index (χ3n) is 12.6. The maximum absolute atomic E-state index is 12.7. The number of aryl methyl sites for hydroxylation is 2. The van der Waals surface area contributed by atoms with Gasteiger partial charge in [0.25, 0.3) is 0 Å². The molecule has 2 aromatic carbocycles. The summed E-state index contributed by atoms with van der Waals surface area (Å²) in [6.45, 7) is 17.7. The Hall–Kier alpha value is -6.68. The highest BCUT2D eigenvalue weighted by atomic mass is 16.5.